The zero-order chi connectivity index (χ0) is 10.8. The molecule has 0 aliphatic carbocycles. The van der Waals surface area contributed by atoms with Crippen LogP contribution >= 0.6 is 34.8 Å². The molecule has 86 valence electrons. The Morgan fingerprint density at radius 3 is 1.79 bits per heavy atom. The van der Waals surface area contributed by atoms with Crippen molar-refractivity contribution in [2.75, 3.05) is 0 Å². The molecule has 0 aromatic rings. The molecule has 0 aliphatic rings. The predicted molar refractivity (Wildman–Crippen MR) is 67.7 cm³/mol. The summed E-state index contributed by atoms with van der Waals surface area (Å²) in [6.07, 6.45) is 9.22. The first-order chi connectivity index (χ1) is 6.66. The van der Waals surface area contributed by atoms with E-state index in [1.165, 1.54) is 19.3 Å². The first-order valence-electron chi connectivity index (χ1n) is 5.59. The normalized spacial score (nSPS) is 13.5. The summed E-state index contributed by atoms with van der Waals surface area (Å²) in [5, 5.41) is 0.352. The summed E-state index contributed by atoms with van der Waals surface area (Å²) in [6, 6.07) is 0. The highest BCUT2D eigenvalue weighted by atomic mass is 35.5. The molecule has 0 heterocycles. The molecule has 14 heavy (non-hydrogen) atoms. The van der Waals surface area contributed by atoms with Gasteiger partial charge in [-0.3, -0.25) is 0 Å². The molecule has 0 saturated heterocycles. The van der Waals surface area contributed by atoms with Crippen LogP contribution in [-0.4, -0.2) is 10.2 Å². The monoisotopic (exact) mass is 258 g/mol. The molecule has 1 atom stereocenters. The van der Waals surface area contributed by atoms with E-state index in [0.29, 0.717) is 5.38 Å². The molecule has 0 aromatic heterocycles. The molecular weight excluding hydrogens is 238 g/mol. The van der Waals surface area contributed by atoms with Crippen molar-refractivity contribution in [3.63, 3.8) is 0 Å². The quantitative estimate of drug-likeness (QED) is 0.377. The lowest BCUT2D eigenvalue weighted by atomic mass is 10.1. The minimum atomic E-state index is -0.205. The summed E-state index contributed by atoms with van der Waals surface area (Å²) in [5.74, 6) is 0. The van der Waals surface area contributed by atoms with E-state index in [0.717, 1.165) is 32.1 Å². The lowest BCUT2D eigenvalue weighted by Gasteiger charge is -2.08. The van der Waals surface area contributed by atoms with Crippen LogP contribution in [0.5, 0.6) is 0 Å². The SMILES string of the molecule is CCCCCC(Cl)CCCCC(Cl)Cl. The van der Waals surface area contributed by atoms with Gasteiger partial charge in [-0.2, -0.15) is 0 Å². The fourth-order valence-electron chi connectivity index (χ4n) is 1.42. The summed E-state index contributed by atoms with van der Waals surface area (Å²) in [5.41, 5.74) is 0. The fraction of sp³-hybridized carbons (Fsp3) is 1.00. The summed E-state index contributed by atoms with van der Waals surface area (Å²) in [4.78, 5) is -0.205. The van der Waals surface area contributed by atoms with Crippen molar-refractivity contribution >= 4 is 34.8 Å². The van der Waals surface area contributed by atoms with Crippen LogP contribution in [0.2, 0.25) is 0 Å². The maximum atomic E-state index is 6.17. The van der Waals surface area contributed by atoms with Gasteiger partial charge in [0, 0.05) is 5.38 Å². The zero-order valence-electron chi connectivity index (χ0n) is 8.95. The van der Waals surface area contributed by atoms with Gasteiger partial charge in [0.2, 0.25) is 0 Å². The minimum absolute atomic E-state index is 0.205. The smallest absolute Gasteiger partial charge is 0.107 e. The van der Waals surface area contributed by atoms with Gasteiger partial charge in [0.15, 0.2) is 0 Å². The Labute approximate surface area is 103 Å². The number of rotatable bonds is 9. The van der Waals surface area contributed by atoms with Crippen LogP contribution in [0.3, 0.4) is 0 Å². The highest BCUT2D eigenvalue weighted by Gasteiger charge is 2.04. The van der Waals surface area contributed by atoms with Crippen LogP contribution in [0.15, 0.2) is 0 Å². The lowest BCUT2D eigenvalue weighted by molar-refractivity contribution is 0.576. The number of hydrogen-bond acceptors (Lipinski definition) is 0. The van der Waals surface area contributed by atoms with Crippen LogP contribution < -0.4 is 0 Å². The van der Waals surface area contributed by atoms with Gasteiger partial charge < -0.3 is 0 Å². The first-order valence-corrected chi connectivity index (χ1v) is 6.90. The number of hydrogen-bond donors (Lipinski definition) is 0. The number of unbranched alkanes of at least 4 members (excludes halogenated alkanes) is 3. The molecule has 0 rings (SSSR count). The van der Waals surface area contributed by atoms with Gasteiger partial charge in [-0.05, 0) is 19.3 Å². The van der Waals surface area contributed by atoms with Gasteiger partial charge in [0.25, 0.3) is 0 Å². The van der Waals surface area contributed by atoms with E-state index in [1.54, 1.807) is 0 Å². The van der Waals surface area contributed by atoms with Crippen molar-refractivity contribution in [2.45, 2.75) is 68.5 Å². The lowest BCUT2D eigenvalue weighted by Crippen LogP contribution is -1.99. The summed E-state index contributed by atoms with van der Waals surface area (Å²) in [7, 11) is 0. The van der Waals surface area contributed by atoms with Crippen LogP contribution in [-0.2, 0) is 0 Å². The minimum Gasteiger partial charge on any atom is -0.123 e. The van der Waals surface area contributed by atoms with E-state index in [1.807, 2.05) is 0 Å². The Hall–Kier alpha value is 0.870. The highest BCUT2D eigenvalue weighted by molar-refractivity contribution is 6.44. The summed E-state index contributed by atoms with van der Waals surface area (Å²) >= 11 is 17.4. The molecule has 0 radical (unpaired) electrons. The maximum absolute atomic E-state index is 6.17. The second-order valence-electron chi connectivity index (χ2n) is 3.77. The third-order valence-electron chi connectivity index (χ3n) is 2.31. The maximum Gasteiger partial charge on any atom is 0.107 e. The zero-order valence-corrected chi connectivity index (χ0v) is 11.2. The Kier molecular flexibility index (Phi) is 11.0. The standard InChI is InChI=1S/C11H21Cl3/c1-2-3-4-7-10(12)8-5-6-9-11(13)14/h10-11H,2-9H2,1H3. The van der Waals surface area contributed by atoms with E-state index in [2.05, 4.69) is 6.92 Å². The van der Waals surface area contributed by atoms with E-state index in [9.17, 15) is 0 Å². The van der Waals surface area contributed by atoms with E-state index in [-0.39, 0.29) is 4.84 Å². The highest BCUT2D eigenvalue weighted by Crippen LogP contribution is 2.18. The van der Waals surface area contributed by atoms with Gasteiger partial charge in [0.05, 0.1) is 0 Å². The second kappa shape index (κ2) is 10.4. The number of alkyl halides is 3. The van der Waals surface area contributed by atoms with Gasteiger partial charge >= 0.3 is 0 Å². The number of halogens is 3. The largest absolute Gasteiger partial charge is 0.123 e. The van der Waals surface area contributed by atoms with Gasteiger partial charge in [-0.1, -0.05) is 39.0 Å². The molecule has 0 N–H and O–H groups in total. The Morgan fingerprint density at radius 1 is 0.786 bits per heavy atom. The molecule has 0 bridgehead atoms. The molecule has 0 amide bonds. The molecule has 3 heteroatoms. The third kappa shape index (κ3) is 10.9. The fourth-order valence-corrected chi connectivity index (χ4v) is 2.04. The van der Waals surface area contributed by atoms with E-state index < -0.39 is 0 Å². The summed E-state index contributed by atoms with van der Waals surface area (Å²) in [6.45, 7) is 2.21. The molecule has 0 nitrogen and oxygen atoms in total. The van der Waals surface area contributed by atoms with Crippen molar-refractivity contribution in [3.05, 3.63) is 0 Å². The Balaban J connectivity index is 3.14. The van der Waals surface area contributed by atoms with E-state index >= 15 is 0 Å². The van der Waals surface area contributed by atoms with Crippen LogP contribution in [0.25, 0.3) is 0 Å². The molecular formula is C11H21Cl3. The Bertz CT molecular complexity index is 115. The molecule has 0 fully saturated rings. The second-order valence-corrected chi connectivity index (χ2v) is 5.66. The van der Waals surface area contributed by atoms with Crippen LogP contribution in [0.1, 0.15) is 58.3 Å². The van der Waals surface area contributed by atoms with Crippen LogP contribution in [0.4, 0.5) is 0 Å². The molecule has 0 aliphatic heterocycles. The first kappa shape index (κ1) is 14.9. The van der Waals surface area contributed by atoms with Crippen molar-refractivity contribution in [2.24, 2.45) is 0 Å². The average molecular weight is 260 g/mol. The van der Waals surface area contributed by atoms with Crippen molar-refractivity contribution in [3.8, 4) is 0 Å². The van der Waals surface area contributed by atoms with Crippen molar-refractivity contribution < 1.29 is 0 Å². The molecule has 1 unspecified atom stereocenters. The van der Waals surface area contributed by atoms with E-state index in [4.69, 9.17) is 34.8 Å². The summed E-state index contributed by atoms with van der Waals surface area (Å²) < 4.78 is 0. The molecule has 0 aromatic carbocycles. The van der Waals surface area contributed by atoms with Gasteiger partial charge in [0.1, 0.15) is 4.84 Å². The molecule has 0 saturated carbocycles. The van der Waals surface area contributed by atoms with Crippen molar-refractivity contribution in [1.82, 2.24) is 0 Å². The Morgan fingerprint density at radius 2 is 1.29 bits per heavy atom. The van der Waals surface area contributed by atoms with Crippen molar-refractivity contribution in [1.29, 1.82) is 0 Å². The average Bonchev–Trinajstić information content (AvgIpc) is 2.13. The van der Waals surface area contributed by atoms with Gasteiger partial charge in [-0.15, -0.1) is 34.8 Å². The van der Waals surface area contributed by atoms with Crippen LogP contribution in [0, 0.1) is 0 Å². The topological polar surface area (TPSA) is 0 Å². The predicted octanol–water partition coefficient (Wildman–Crippen LogP) is 5.54. The third-order valence-corrected chi connectivity index (χ3v) is 3.18. The molecule has 0 spiro atoms. The van der Waals surface area contributed by atoms with Gasteiger partial charge in [-0.25, -0.2) is 0 Å².